The van der Waals surface area contributed by atoms with Crippen LogP contribution in [0.3, 0.4) is 0 Å². The van der Waals surface area contributed by atoms with Gasteiger partial charge < -0.3 is 0 Å². The Balaban J connectivity index is 1.89. The van der Waals surface area contributed by atoms with Crippen molar-refractivity contribution in [3.8, 4) is 0 Å². The first kappa shape index (κ1) is 11.1. The van der Waals surface area contributed by atoms with E-state index in [-0.39, 0.29) is 32.8 Å². The van der Waals surface area contributed by atoms with Crippen LogP contribution >= 0.6 is 0 Å². The molecule has 4 heterocycles. The van der Waals surface area contributed by atoms with Gasteiger partial charge in [0.2, 0.25) is 0 Å². The van der Waals surface area contributed by atoms with Crippen molar-refractivity contribution in [2.45, 2.75) is 15.6 Å². The predicted octanol–water partition coefficient (Wildman–Crippen LogP) is -0.390. The van der Waals surface area contributed by atoms with Gasteiger partial charge in [-0.3, -0.25) is 0 Å². The molecule has 0 aromatic heterocycles. The topological polar surface area (TPSA) is 18.8 Å². The summed E-state index contributed by atoms with van der Waals surface area (Å²) in [6, 6.07) is 6.61. The molecule has 3 unspecified atom stereocenters. The molecule has 4 aliphatic heterocycles. The summed E-state index contributed by atoms with van der Waals surface area (Å²) < 4.78 is 1.83. The monoisotopic (exact) mass is 374 g/mol. The molecule has 4 heteroatoms. The van der Waals surface area contributed by atoms with E-state index in [0.29, 0.717) is 4.05 Å². The zero-order valence-electron chi connectivity index (χ0n) is 10.8. The molecule has 0 spiro atoms. The van der Waals surface area contributed by atoms with Crippen LogP contribution in [0.2, 0.25) is 0 Å². The van der Waals surface area contributed by atoms with Crippen molar-refractivity contribution in [2.75, 3.05) is 0 Å². The van der Waals surface area contributed by atoms with E-state index in [2.05, 4.69) is 64.7 Å². The minimum atomic E-state index is -0.0757. The molecule has 0 bridgehead atoms. The number of alkyl halides is 1. The number of hydrogen-bond acceptors (Lipinski definition) is 3. The van der Waals surface area contributed by atoms with Crippen molar-refractivity contribution in [2.24, 2.45) is 5.10 Å². The maximum atomic E-state index is 4.67. The second kappa shape index (κ2) is 3.36. The minimum absolute atomic E-state index is 0.0582. The van der Waals surface area contributed by atoms with Crippen LogP contribution in [0.1, 0.15) is 22.9 Å². The number of fused-ring (bicyclic) bond motifs is 3. The molecule has 1 fully saturated rings. The Bertz CT molecular complexity index is 735. The fraction of sp³-hybridized carbons (Fsp3) is 0.188. The van der Waals surface area contributed by atoms with Gasteiger partial charge in [0.1, 0.15) is 0 Å². The van der Waals surface area contributed by atoms with Crippen LogP contribution in [-0.4, -0.2) is 20.3 Å². The van der Waals surface area contributed by atoms with E-state index in [0.717, 1.165) is 0 Å². The molecule has 0 radical (unpaired) electrons. The first-order valence-corrected chi connectivity index (χ1v) is 8.97. The summed E-state index contributed by atoms with van der Waals surface area (Å²) in [7, 11) is 0. The summed E-state index contributed by atoms with van der Waals surface area (Å²) in [5.74, 6) is 0. The van der Waals surface area contributed by atoms with E-state index >= 15 is 0 Å². The first-order chi connectivity index (χ1) is 9.77. The van der Waals surface area contributed by atoms with Gasteiger partial charge in [0.25, 0.3) is 0 Å². The van der Waals surface area contributed by atoms with Crippen LogP contribution in [0, 0.1) is 0 Å². The first-order valence-electron chi connectivity index (χ1n) is 6.65. The van der Waals surface area contributed by atoms with Gasteiger partial charge in [-0.25, -0.2) is 0 Å². The molecule has 3 atom stereocenters. The van der Waals surface area contributed by atoms with E-state index in [4.69, 9.17) is 0 Å². The quantitative estimate of drug-likeness (QED) is 0.289. The molecule has 5 rings (SSSR count). The predicted molar refractivity (Wildman–Crippen MR) is 75.2 cm³/mol. The van der Waals surface area contributed by atoms with Crippen molar-refractivity contribution >= 4 is 12.4 Å². The van der Waals surface area contributed by atoms with Crippen LogP contribution in [-0.2, 0) is 5.41 Å². The Morgan fingerprint density at radius 3 is 3.10 bits per heavy atom. The number of hydrogen-bond donors (Lipinski definition) is 0. The molecule has 3 nitrogen and oxygen atoms in total. The van der Waals surface area contributed by atoms with Gasteiger partial charge in [0.15, 0.2) is 0 Å². The third-order valence-corrected chi connectivity index (χ3v) is 8.52. The summed E-state index contributed by atoms with van der Waals surface area (Å²) in [6.45, 7) is 8.47. The van der Waals surface area contributed by atoms with Gasteiger partial charge in [0.05, 0.1) is 0 Å². The fourth-order valence-corrected chi connectivity index (χ4v) is 7.47. The van der Waals surface area contributed by atoms with Crippen molar-refractivity contribution in [3.63, 3.8) is 0 Å². The second-order valence-corrected chi connectivity index (χ2v) is 8.58. The van der Waals surface area contributed by atoms with Gasteiger partial charge in [-0.2, -0.15) is 0 Å². The van der Waals surface area contributed by atoms with E-state index < -0.39 is 0 Å². The molecule has 20 heavy (non-hydrogen) atoms. The second-order valence-electron chi connectivity index (χ2n) is 5.48. The average Bonchev–Trinajstić information content (AvgIpc) is 2.89. The Labute approximate surface area is 128 Å². The molecule has 1 saturated heterocycles. The van der Waals surface area contributed by atoms with Crippen LogP contribution in [0.25, 0.3) is 6.08 Å². The maximum absolute atomic E-state index is 4.67. The standard InChI is InChI=1S/C16H13IN3/c1-3-16-10(2)17-15(16)20-14-13-11(5-4-6-12(13)16)7-8-19(14)9-18-20/h3-9,14-15H,1-2H2/q-1. The molecular formula is C16H13IN3-. The van der Waals surface area contributed by atoms with E-state index in [1.54, 1.807) is 0 Å². The van der Waals surface area contributed by atoms with Gasteiger partial charge >= 0.3 is 128 Å². The summed E-state index contributed by atoms with van der Waals surface area (Å²) in [5, 5.41) is 6.96. The van der Waals surface area contributed by atoms with Gasteiger partial charge in [-0.1, -0.05) is 0 Å². The normalized spacial score (nSPS) is 35.1. The average molecular weight is 374 g/mol. The number of hydrazone groups is 1. The number of nitrogens with zero attached hydrogens (tertiary/aromatic N) is 3. The van der Waals surface area contributed by atoms with Gasteiger partial charge in [0, 0.05) is 0 Å². The van der Waals surface area contributed by atoms with Crippen LogP contribution < -0.4 is 21.2 Å². The third-order valence-electron chi connectivity index (χ3n) is 4.74. The van der Waals surface area contributed by atoms with E-state index in [1.165, 1.54) is 20.3 Å². The molecule has 0 N–H and O–H groups in total. The van der Waals surface area contributed by atoms with Crippen molar-refractivity contribution < 1.29 is 21.2 Å². The number of benzene rings is 1. The van der Waals surface area contributed by atoms with E-state index in [1.807, 2.05) is 6.34 Å². The van der Waals surface area contributed by atoms with Crippen molar-refractivity contribution in [3.05, 3.63) is 63.9 Å². The summed E-state index contributed by atoms with van der Waals surface area (Å²) in [6.07, 6.45) is 8.61. The Hall–Kier alpha value is -1.56. The van der Waals surface area contributed by atoms with Crippen LogP contribution in [0.5, 0.6) is 0 Å². The molecule has 1 aromatic carbocycles. The summed E-state index contributed by atoms with van der Waals surface area (Å²) >= 11 is -0.0582. The van der Waals surface area contributed by atoms with Gasteiger partial charge in [-0.05, 0) is 0 Å². The Morgan fingerprint density at radius 1 is 1.40 bits per heavy atom. The molecule has 100 valence electrons. The Kier molecular flexibility index (Phi) is 1.87. The molecule has 4 aliphatic rings. The zero-order valence-corrected chi connectivity index (χ0v) is 13.0. The van der Waals surface area contributed by atoms with Crippen LogP contribution in [0.4, 0.5) is 0 Å². The molecule has 0 saturated carbocycles. The molecule has 1 aromatic rings. The molecular weight excluding hydrogens is 361 g/mol. The zero-order chi connectivity index (χ0) is 13.5. The van der Waals surface area contributed by atoms with Crippen molar-refractivity contribution in [1.29, 1.82) is 0 Å². The number of rotatable bonds is 1. The summed E-state index contributed by atoms with van der Waals surface area (Å²) in [5.41, 5.74) is 4.01. The van der Waals surface area contributed by atoms with Gasteiger partial charge in [-0.15, -0.1) is 0 Å². The van der Waals surface area contributed by atoms with Crippen molar-refractivity contribution in [1.82, 2.24) is 9.91 Å². The number of halogens is 1. The third kappa shape index (κ3) is 0.974. The Morgan fingerprint density at radius 2 is 2.30 bits per heavy atom. The van der Waals surface area contributed by atoms with Crippen LogP contribution in [0.15, 0.2) is 52.3 Å². The van der Waals surface area contributed by atoms with E-state index in [9.17, 15) is 0 Å². The fourth-order valence-electron chi connectivity index (χ4n) is 3.74. The molecule has 0 aliphatic carbocycles. The SMILES string of the molecule is C=CC12C(=C)[I-]C1N1N=CN3C=Cc4cccc2c4C31. The molecule has 0 amide bonds. The summed E-state index contributed by atoms with van der Waals surface area (Å²) in [4.78, 5) is 2.21.